The predicted octanol–water partition coefficient (Wildman–Crippen LogP) is 2.92. The monoisotopic (exact) mass is 407 g/mol. The van der Waals surface area contributed by atoms with Crippen molar-refractivity contribution in [2.24, 2.45) is 5.73 Å². The van der Waals surface area contributed by atoms with Gasteiger partial charge in [-0.1, -0.05) is 15.9 Å². The van der Waals surface area contributed by atoms with Gasteiger partial charge >= 0.3 is 5.97 Å². The number of hydrogen-bond acceptors (Lipinski definition) is 6. The van der Waals surface area contributed by atoms with E-state index in [-0.39, 0.29) is 17.2 Å². The number of benzene rings is 1. The molecule has 0 bridgehead atoms. The molecule has 0 unspecified atom stereocenters. The summed E-state index contributed by atoms with van der Waals surface area (Å²) in [7, 11) is 2.80. The molecular weight excluding hydrogens is 390 g/mol. The Balaban J connectivity index is 2.27. The highest BCUT2D eigenvalue weighted by atomic mass is 79.9. The summed E-state index contributed by atoms with van der Waals surface area (Å²) < 4.78 is 16.8. The van der Waals surface area contributed by atoms with Gasteiger partial charge in [-0.25, -0.2) is 4.79 Å². The predicted molar refractivity (Wildman–Crippen MR) is 93.6 cm³/mol. The molecule has 0 aromatic heterocycles. The summed E-state index contributed by atoms with van der Waals surface area (Å²) in [5, 5.41) is 0. The fraction of sp³-hybridized carbons (Fsp3) is 0.333. The Morgan fingerprint density at radius 2 is 2.08 bits per heavy atom. The Hall–Kier alpha value is -2.28. The summed E-state index contributed by atoms with van der Waals surface area (Å²) in [5.74, 6) is -0.330. The van der Waals surface area contributed by atoms with Crippen molar-refractivity contribution in [1.82, 2.24) is 0 Å². The number of allylic oxidation sites excluding steroid dienone is 2. The Labute approximate surface area is 153 Å². The van der Waals surface area contributed by atoms with Crippen LogP contribution in [-0.4, -0.2) is 26.0 Å². The standard InChI is InChI=1S/C18H18BrNO5/c1-23-12-7-6-9(19)8-10(12)14-15-11(21)4-3-5-13(15)25-17(20)16(14)18(22)24-2/h6-8,14H,3-5,20H2,1-2H3/t14-/m1/s1. The van der Waals surface area contributed by atoms with Crippen LogP contribution in [0.1, 0.15) is 30.7 Å². The molecule has 0 amide bonds. The zero-order valence-electron chi connectivity index (χ0n) is 13.9. The van der Waals surface area contributed by atoms with E-state index in [2.05, 4.69) is 15.9 Å². The van der Waals surface area contributed by atoms with Gasteiger partial charge in [-0.05, 0) is 24.6 Å². The summed E-state index contributed by atoms with van der Waals surface area (Å²) in [4.78, 5) is 25.1. The topological polar surface area (TPSA) is 87.9 Å². The first kappa shape index (κ1) is 17.5. The van der Waals surface area contributed by atoms with Gasteiger partial charge in [0.05, 0.1) is 20.1 Å². The third-order valence-corrected chi connectivity index (χ3v) is 4.89. The number of hydrogen-bond donors (Lipinski definition) is 1. The molecule has 7 heteroatoms. The largest absolute Gasteiger partial charge is 0.496 e. The number of halogens is 1. The highest BCUT2D eigenvalue weighted by Crippen LogP contribution is 2.46. The van der Waals surface area contributed by atoms with Crippen molar-refractivity contribution in [3.63, 3.8) is 0 Å². The lowest BCUT2D eigenvalue weighted by Gasteiger charge is -2.32. The Morgan fingerprint density at radius 1 is 1.32 bits per heavy atom. The van der Waals surface area contributed by atoms with Crippen molar-refractivity contribution in [3.8, 4) is 5.75 Å². The van der Waals surface area contributed by atoms with Crippen molar-refractivity contribution in [2.75, 3.05) is 14.2 Å². The molecule has 0 saturated heterocycles. The second-order valence-electron chi connectivity index (χ2n) is 5.80. The van der Waals surface area contributed by atoms with Crippen molar-refractivity contribution in [3.05, 3.63) is 51.0 Å². The van der Waals surface area contributed by atoms with Crippen LogP contribution >= 0.6 is 15.9 Å². The SMILES string of the molecule is COC(=O)C1=C(N)OC2=C(C(=O)CCC2)[C@H]1c1cc(Br)ccc1OC. The van der Waals surface area contributed by atoms with Crippen LogP contribution in [0.4, 0.5) is 0 Å². The number of ketones is 1. The summed E-state index contributed by atoms with van der Waals surface area (Å²) in [5.41, 5.74) is 7.26. The molecule has 132 valence electrons. The van der Waals surface area contributed by atoms with Gasteiger partial charge in [0, 0.05) is 28.5 Å². The molecule has 0 fully saturated rings. The van der Waals surface area contributed by atoms with Gasteiger partial charge in [-0.15, -0.1) is 0 Å². The number of nitrogens with two attached hydrogens (primary N) is 1. The van der Waals surface area contributed by atoms with Crippen LogP contribution in [-0.2, 0) is 19.1 Å². The maximum absolute atomic E-state index is 12.7. The maximum atomic E-state index is 12.7. The van der Waals surface area contributed by atoms with Gasteiger partial charge in [0.25, 0.3) is 0 Å². The van der Waals surface area contributed by atoms with E-state index in [0.717, 1.165) is 4.47 Å². The molecule has 1 aromatic carbocycles. The average Bonchev–Trinajstić information content (AvgIpc) is 2.60. The molecule has 0 spiro atoms. The Bertz CT molecular complexity index is 812. The second-order valence-corrected chi connectivity index (χ2v) is 6.72. The number of carbonyl (C=O) groups is 2. The summed E-state index contributed by atoms with van der Waals surface area (Å²) in [6, 6.07) is 5.41. The maximum Gasteiger partial charge on any atom is 0.340 e. The highest BCUT2D eigenvalue weighted by Gasteiger charge is 2.42. The van der Waals surface area contributed by atoms with E-state index in [9.17, 15) is 9.59 Å². The van der Waals surface area contributed by atoms with Crippen LogP contribution < -0.4 is 10.5 Å². The van der Waals surface area contributed by atoms with Crippen molar-refractivity contribution >= 4 is 27.7 Å². The average molecular weight is 408 g/mol. The summed E-state index contributed by atoms with van der Waals surface area (Å²) >= 11 is 3.43. The number of esters is 1. The Morgan fingerprint density at radius 3 is 2.76 bits per heavy atom. The normalized spacial score (nSPS) is 20.1. The van der Waals surface area contributed by atoms with E-state index < -0.39 is 11.9 Å². The summed E-state index contributed by atoms with van der Waals surface area (Å²) in [6.45, 7) is 0. The zero-order chi connectivity index (χ0) is 18.1. The van der Waals surface area contributed by atoms with Gasteiger partial charge in [-0.2, -0.15) is 0 Å². The van der Waals surface area contributed by atoms with Gasteiger partial charge in [-0.3, -0.25) is 4.79 Å². The van der Waals surface area contributed by atoms with E-state index in [1.54, 1.807) is 6.07 Å². The molecule has 1 atom stereocenters. The van der Waals surface area contributed by atoms with Crippen LogP contribution in [0, 0.1) is 0 Å². The molecule has 1 heterocycles. The van der Waals surface area contributed by atoms with Crippen LogP contribution in [0.15, 0.2) is 45.5 Å². The second kappa shape index (κ2) is 6.92. The molecule has 1 aliphatic heterocycles. The summed E-state index contributed by atoms with van der Waals surface area (Å²) in [6.07, 6.45) is 1.70. The minimum atomic E-state index is -0.684. The van der Waals surface area contributed by atoms with Gasteiger partial charge in [0.2, 0.25) is 5.88 Å². The number of rotatable bonds is 3. The lowest BCUT2D eigenvalue weighted by Crippen LogP contribution is -2.31. The molecule has 2 N–H and O–H groups in total. The van der Waals surface area contributed by atoms with E-state index >= 15 is 0 Å². The van der Waals surface area contributed by atoms with Gasteiger partial charge < -0.3 is 19.9 Å². The van der Waals surface area contributed by atoms with E-state index in [0.29, 0.717) is 41.9 Å². The quantitative estimate of drug-likeness (QED) is 0.774. The molecule has 0 saturated carbocycles. The van der Waals surface area contributed by atoms with Crippen molar-refractivity contribution < 1.29 is 23.8 Å². The lowest BCUT2D eigenvalue weighted by atomic mass is 9.77. The first-order valence-corrected chi connectivity index (χ1v) is 8.62. The third kappa shape index (κ3) is 3.04. The molecule has 1 aromatic rings. The molecule has 0 radical (unpaired) electrons. The minimum Gasteiger partial charge on any atom is -0.496 e. The minimum absolute atomic E-state index is 0.0349. The Kier molecular flexibility index (Phi) is 4.85. The highest BCUT2D eigenvalue weighted by molar-refractivity contribution is 9.10. The molecule has 6 nitrogen and oxygen atoms in total. The first-order valence-electron chi connectivity index (χ1n) is 7.83. The van der Waals surface area contributed by atoms with Crippen LogP contribution in [0.25, 0.3) is 0 Å². The number of Topliss-reactive ketones (excluding diaryl/α,β-unsaturated/α-hetero) is 1. The fourth-order valence-corrected chi connectivity index (χ4v) is 3.69. The van der Waals surface area contributed by atoms with E-state index in [1.165, 1.54) is 14.2 Å². The number of methoxy groups -OCH3 is 2. The van der Waals surface area contributed by atoms with Crippen LogP contribution in [0.5, 0.6) is 5.75 Å². The number of carbonyl (C=O) groups excluding carboxylic acids is 2. The van der Waals surface area contributed by atoms with Gasteiger partial charge in [0.15, 0.2) is 5.78 Å². The molecule has 3 rings (SSSR count). The lowest BCUT2D eigenvalue weighted by molar-refractivity contribution is -0.136. The molecular formula is C18H18BrNO5. The van der Waals surface area contributed by atoms with Gasteiger partial charge in [0.1, 0.15) is 17.1 Å². The van der Waals surface area contributed by atoms with E-state index in [1.807, 2.05) is 12.1 Å². The molecule has 25 heavy (non-hydrogen) atoms. The molecule has 2 aliphatic rings. The molecule has 1 aliphatic carbocycles. The fourth-order valence-electron chi connectivity index (χ4n) is 3.31. The van der Waals surface area contributed by atoms with Crippen LogP contribution in [0.2, 0.25) is 0 Å². The third-order valence-electron chi connectivity index (χ3n) is 4.39. The van der Waals surface area contributed by atoms with Crippen molar-refractivity contribution in [2.45, 2.75) is 25.2 Å². The number of ether oxygens (including phenoxy) is 3. The zero-order valence-corrected chi connectivity index (χ0v) is 15.5. The van der Waals surface area contributed by atoms with Crippen molar-refractivity contribution in [1.29, 1.82) is 0 Å². The smallest absolute Gasteiger partial charge is 0.340 e. The van der Waals surface area contributed by atoms with E-state index in [4.69, 9.17) is 19.9 Å². The van der Waals surface area contributed by atoms with Crippen LogP contribution in [0.3, 0.4) is 0 Å². The first-order chi connectivity index (χ1) is 12.0.